The number of ether oxygens (including phenoxy) is 1. The highest BCUT2D eigenvalue weighted by atomic mass is 19.4. The largest absolute Gasteiger partial charge is 0.573 e. The molecule has 1 fully saturated rings. The smallest absolute Gasteiger partial charge is 0.406 e. The first-order valence-corrected chi connectivity index (χ1v) is 9.22. The second-order valence-corrected chi connectivity index (χ2v) is 6.62. The molecule has 0 bridgehead atoms. The molecule has 3 aromatic rings. The van der Waals surface area contributed by atoms with Gasteiger partial charge in [-0.25, -0.2) is 20.5 Å². The topological polar surface area (TPSA) is 105 Å². The Morgan fingerprint density at radius 1 is 1.32 bits per heavy atom. The molecule has 1 aliphatic rings. The summed E-state index contributed by atoms with van der Waals surface area (Å²) in [5.74, 6) is -0.698. The maximum Gasteiger partial charge on any atom is 0.573 e. The summed E-state index contributed by atoms with van der Waals surface area (Å²) in [5.41, 5.74) is 11.4. The molecule has 4 rings (SSSR count). The molecule has 1 unspecified atom stereocenters. The lowest BCUT2D eigenvalue weighted by Crippen LogP contribution is -2.30. The number of aromatic nitrogens is 3. The molecule has 0 saturated carbocycles. The normalized spacial score (nSPS) is 16.4. The van der Waals surface area contributed by atoms with Crippen LogP contribution in [0.3, 0.4) is 0 Å². The van der Waals surface area contributed by atoms with E-state index in [0.717, 1.165) is 17.0 Å². The van der Waals surface area contributed by atoms with Crippen LogP contribution in [-0.2, 0) is 11.3 Å². The summed E-state index contributed by atoms with van der Waals surface area (Å²) in [6.45, 7) is 4.16. The Morgan fingerprint density at radius 3 is 2.74 bits per heavy atom. The van der Waals surface area contributed by atoms with Crippen LogP contribution >= 0.6 is 0 Å². The molecule has 0 spiro atoms. The number of halogens is 3. The van der Waals surface area contributed by atoms with Crippen molar-refractivity contribution in [1.82, 2.24) is 36.5 Å². The van der Waals surface area contributed by atoms with Gasteiger partial charge in [0.25, 0.3) is 0 Å². The average molecular weight is 433 g/mol. The van der Waals surface area contributed by atoms with Gasteiger partial charge in [0.05, 0.1) is 24.0 Å². The van der Waals surface area contributed by atoms with Crippen molar-refractivity contribution in [2.24, 2.45) is 0 Å². The van der Waals surface area contributed by atoms with Gasteiger partial charge in [0, 0.05) is 18.1 Å². The molecule has 162 valence electrons. The molecule has 4 N–H and O–H groups in total. The Morgan fingerprint density at radius 2 is 2.10 bits per heavy atom. The Balaban J connectivity index is 1.77. The molecular weight excluding hydrogens is 415 g/mol. The Kier molecular flexibility index (Phi) is 5.59. The maximum atomic E-state index is 12.4. The number of nitrogens with zero attached hydrogens (tertiary/aromatic N) is 3. The van der Waals surface area contributed by atoms with E-state index in [4.69, 9.17) is 0 Å². The fraction of sp³-hybridized carbons (Fsp3) is 0.211. The first-order valence-electron chi connectivity index (χ1n) is 9.22. The molecule has 1 saturated heterocycles. The van der Waals surface area contributed by atoms with Crippen molar-refractivity contribution >= 4 is 16.9 Å². The van der Waals surface area contributed by atoms with E-state index in [1.807, 2.05) is 6.07 Å². The van der Waals surface area contributed by atoms with Gasteiger partial charge >= 0.3 is 6.36 Å². The molecular formula is C19H18F3N7O2. The number of pyridine rings is 1. The monoisotopic (exact) mass is 433 g/mol. The highest BCUT2D eigenvalue weighted by molar-refractivity contribution is 5.88. The third-order valence-corrected chi connectivity index (χ3v) is 4.62. The standard InChI is InChI=1S/C19H18F3N7O2/c1-2-16(30)24-9-15-17-13(14-10-25-28-26-14)7-8-23-18(17)29(27-15)11-3-5-12(6-4-11)31-19(20,21)22/h2-8,14,25-26,28H,1,9-10H2,(H,24,30). The van der Waals surface area contributed by atoms with E-state index in [1.54, 1.807) is 6.20 Å². The number of carbonyl (C=O) groups excluding carboxylic acids is 1. The van der Waals surface area contributed by atoms with Gasteiger partial charge in [0.1, 0.15) is 5.75 Å². The lowest BCUT2D eigenvalue weighted by atomic mass is 10.0. The quantitative estimate of drug-likeness (QED) is 0.439. The molecule has 1 amide bonds. The van der Waals surface area contributed by atoms with Gasteiger partial charge in [0.2, 0.25) is 5.91 Å². The number of hydrogen-bond donors (Lipinski definition) is 4. The number of nitrogens with one attached hydrogen (secondary N) is 4. The molecule has 1 atom stereocenters. The van der Waals surface area contributed by atoms with Crippen LogP contribution in [0.2, 0.25) is 0 Å². The van der Waals surface area contributed by atoms with Gasteiger partial charge in [-0.2, -0.15) is 10.6 Å². The fourth-order valence-corrected chi connectivity index (χ4v) is 3.30. The van der Waals surface area contributed by atoms with Gasteiger partial charge in [0.15, 0.2) is 5.65 Å². The molecule has 1 aromatic carbocycles. The Bertz CT molecular complexity index is 1110. The molecule has 31 heavy (non-hydrogen) atoms. The van der Waals surface area contributed by atoms with Crippen molar-refractivity contribution in [1.29, 1.82) is 0 Å². The van der Waals surface area contributed by atoms with E-state index >= 15 is 0 Å². The van der Waals surface area contributed by atoms with Crippen molar-refractivity contribution in [2.75, 3.05) is 6.54 Å². The van der Waals surface area contributed by atoms with Gasteiger partial charge in [-0.3, -0.25) is 4.79 Å². The van der Waals surface area contributed by atoms with Crippen molar-refractivity contribution in [3.8, 4) is 11.4 Å². The molecule has 12 heteroatoms. The van der Waals surface area contributed by atoms with Crippen LogP contribution in [0.25, 0.3) is 16.7 Å². The molecule has 0 radical (unpaired) electrons. The predicted octanol–water partition coefficient (Wildman–Crippen LogP) is 1.77. The number of amides is 1. The number of alkyl halides is 3. The minimum atomic E-state index is -4.77. The van der Waals surface area contributed by atoms with E-state index in [9.17, 15) is 18.0 Å². The zero-order valence-corrected chi connectivity index (χ0v) is 16.0. The Hall–Kier alpha value is -3.48. The number of benzene rings is 1. The van der Waals surface area contributed by atoms with E-state index in [1.165, 1.54) is 28.9 Å². The summed E-state index contributed by atoms with van der Waals surface area (Å²) < 4.78 is 42.8. The van der Waals surface area contributed by atoms with Crippen LogP contribution in [0.4, 0.5) is 13.2 Å². The number of carbonyl (C=O) groups is 1. The summed E-state index contributed by atoms with van der Waals surface area (Å²) in [6.07, 6.45) is -1.99. The first-order chi connectivity index (χ1) is 14.9. The zero-order chi connectivity index (χ0) is 22.0. The van der Waals surface area contributed by atoms with Crippen LogP contribution in [-0.4, -0.2) is 33.6 Å². The highest BCUT2D eigenvalue weighted by Crippen LogP contribution is 2.29. The van der Waals surface area contributed by atoms with Gasteiger partial charge in [-0.15, -0.1) is 13.2 Å². The summed E-state index contributed by atoms with van der Waals surface area (Å²) in [7, 11) is 0. The lowest BCUT2D eigenvalue weighted by molar-refractivity contribution is -0.274. The van der Waals surface area contributed by atoms with Crippen LogP contribution in [0.5, 0.6) is 5.75 Å². The van der Waals surface area contributed by atoms with E-state index in [0.29, 0.717) is 23.6 Å². The van der Waals surface area contributed by atoms with Crippen LogP contribution < -0.4 is 26.4 Å². The third-order valence-electron chi connectivity index (χ3n) is 4.62. The zero-order valence-electron chi connectivity index (χ0n) is 16.0. The summed E-state index contributed by atoms with van der Waals surface area (Å²) in [6, 6.07) is 7.06. The first kappa shape index (κ1) is 20.8. The third kappa shape index (κ3) is 4.50. The second kappa shape index (κ2) is 8.34. The number of rotatable bonds is 6. The number of hydrazine groups is 2. The molecule has 9 nitrogen and oxygen atoms in total. The second-order valence-electron chi connectivity index (χ2n) is 6.62. The number of fused-ring (bicyclic) bond motifs is 1. The minimum Gasteiger partial charge on any atom is -0.406 e. The van der Waals surface area contributed by atoms with Gasteiger partial charge in [-0.1, -0.05) is 6.58 Å². The minimum absolute atomic E-state index is 0.0837. The van der Waals surface area contributed by atoms with Gasteiger partial charge in [-0.05, 0) is 42.0 Å². The SMILES string of the molecule is C=CC(=O)NCc1nn(-c2ccc(OC(F)(F)F)cc2)c2nccc(C3CNNN3)c12. The van der Waals surface area contributed by atoms with Crippen LogP contribution in [0, 0.1) is 0 Å². The predicted molar refractivity (Wildman–Crippen MR) is 105 cm³/mol. The lowest BCUT2D eigenvalue weighted by Gasteiger charge is -2.11. The average Bonchev–Trinajstić information content (AvgIpc) is 3.40. The summed E-state index contributed by atoms with van der Waals surface area (Å²) >= 11 is 0. The molecule has 2 aromatic heterocycles. The van der Waals surface area contributed by atoms with Crippen LogP contribution in [0.15, 0.2) is 49.2 Å². The van der Waals surface area contributed by atoms with Crippen molar-refractivity contribution in [3.63, 3.8) is 0 Å². The molecule has 0 aliphatic carbocycles. The van der Waals surface area contributed by atoms with Crippen molar-refractivity contribution < 1.29 is 22.7 Å². The fourth-order valence-electron chi connectivity index (χ4n) is 3.30. The van der Waals surface area contributed by atoms with Crippen molar-refractivity contribution in [3.05, 3.63) is 60.4 Å². The Labute approximate surface area is 174 Å². The molecule has 1 aliphatic heterocycles. The van der Waals surface area contributed by atoms with E-state index in [-0.39, 0.29) is 24.2 Å². The number of hydrogen-bond acceptors (Lipinski definition) is 7. The maximum absolute atomic E-state index is 12.4. The summed E-state index contributed by atoms with van der Waals surface area (Å²) in [4.78, 5) is 16.1. The highest BCUT2D eigenvalue weighted by Gasteiger charge is 2.31. The van der Waals surface area contributed by atoms with Crippen LogP contribution in [0.1, 0.15) is 17.3 Å². The molecule has 3 heterocycles. The summed E-state index contributed by atoms with van der Waals surface area (Å²) in [5, 5.41) is 8.00. The van der Waals surface area contributed by atoms with Gasteiger partial charge < -0.3 is 10.1 Å². The van der Waals surface area contributed by atoms with E-state index in [2.05, 4.69) is 43.1 Å². The van der Waals surface area contributed by atoms with E-state index < -0.39 is 6.36 Å². The van der Waals surface area contributed by atoms with Crippen molar-refractivity contribution in [2.45, 2.75) is 18.9 Å².